The van der Waals surface area contributed by atoms with Gasteiger partial charge in [0, 0.05) is 24.4 Å². The Hall–Kier alpha value is -2.42. The van der Waals surface area contributed by atoms with E-state index in [-0.39, 0.29) is 5.78 Å². The number of Topliss-reactive ketones (excluding diaryl/α,β-unsaturated/α-hetero) is 1. The van der Waals surface area contributed by atoms with Gasteiger partial charge in [-0.3, -0.25) is 9.48 Å². The van der Waals surface area contributed by atoms with E-state index in [4.69, 9.17) is 0 Å². The standard InChI is InChI=1S/C18H18N2O/c1-20-17-12-6-5-10-15(17)16(19-20)11-7-13-18(21)14-8-3-2-4-9-14/h2-6,8-10,12H,7,11,13H2,1H3. The number of nitrogens with zero attached hydrogens (tertiary/aromatic N) is 2. The Morgan fingerprint density at radius 2 is 1.76 bits per heavy atom. The molecule has 1 aromatic heterocycles. The number of fused-ring (bicyclic) bond motifs is 1. The highest BCUT2D eigenvalue weighted by atomic mass is 16.1. The molecule has 0 aliphatic heterocycles. The molecule has 0 bridgehead atoms. The van der Waals surface area contributed by atoms with Crippen LogP contribution < -0.4 is 0 Å². The van der Waals surface area contributed by atoms with E-state index >= 15 is 0 Å². The topological polar surface area (TPSA) is 34.9 Å². The molecule has 0 aliphatic carbocycles. The van der Waals surface area contributed by atoms with Gasteiger partial charge in [-0.25, -0.2) is 0 Å². The molecule has 0 spiro atoms. The lowest BCUT2D eigenvalue weighted by atomic mass is 10.0. The quantitative estimate of drug-likeness (QED) is 0.666. The molecule has 0 fully saturated rings. The van der Waals surface area contributed by atoms with E-state index in [0.717, 1.165) is 29.6 Å². The maximum Gasteiger partial charge on any atom is 0.162 e. The van der Waals surface area contributed by atoms with Crippen molar-refractivity contribution in [3.63, 3.8) is 0 Å². The molecule has 3 nitrogen and oxygen atoms in total. The number of carbonyl (C=O) groups excluding carboxylic acids is 1. The van der Waals surface area contributed by atoms with Crippen LogP contribution in [0.1, 0.15) is 28.9 Å². The molecule has 0 amide bonds. The van der Waals surface area contributed by atoms with Gasteiger partial charge in [0.1, 0.15) is 0 Å². The smallest absolute Gasteiger partial charge is 0.162 e. The molecule has 3 heteroatoms. The second-order valence-electron chi connectivity index (χ2n) is 5.23. The molecule has 106 valence electrons. The summed E-state index contributed by atoms with van der Waals surface area (Å²) in [5, 5.41) is 5.75. The summed E-state index contributed by atoms with van der Waals surface area (Å²) in [6.45, 7) is 0. The lowest BCUT2D eigenvalue weighted by Gasteiger charge is -2.00. The molecule has 0 atom stereocenters. The Labute approximate surface area is 124 Å². The zero-order chi connectivity index (χ0) is 14.7. The van der Waals surface area contributed by atoms with E-state index in [1.165, 1.54) is 5.39 Å². The Kier molecular flexibility index (Phi) is 3.82. The molecule has 0 aliphatic rings. The molecule has 21 heavy (non-hydrogen) atoms. The van der Waals surface area contributed by atoms with E-state index in [2.05, 4.69) is 17.2 Å². The van der Waals surface area contributed by atoms with E-state index < -0.39 is 0 Å². The third kappa shape index (κ3) is 2.87. The molecule has 2 aromatic carbocycles. The molecule has 3 aromatic rings. The van der Waals surface area contributed by atoms with Crippen molar-refractivity contribution in [2.24, 2.45) is 7.05 Å². The molecule has 1 heterocycles. The van der Waals surface area contributed by atoms with Crippen LogP contribution in [0.3, 0.4) is 0 Å². The molecule has 0 unspecified atom stereocenters. The summed E-state index contributed by atoms with van der Waals surface area (Å²) in [4.78, 5) is 12.1. The molecular formula is C18H18N2O. The Morgan fingerprint density at radius 1 is 1.05 bits per heavy atom. The van der Waals surface area contributed by atoms with Gasteiger partial charge < -0.3 is 0 Å². The summed E-state index contributed by atoms with van der Waals surface area (Å²) >= 11 is 0. The first-order valence-electron chi connectivity index (χ1n) is 7.24. The van der Waals surface area contributed by atoms with Crippen LogP contribution in [-0.2, 0) is 13.5 Å². The van der Waals surface area contributed by atoms with Gasteiger partial charge in [-0.2, -0.15) is 5.10 Å². The van der Waals surface area contributed by atoms with Gasteiger partial charge >= 0.3 is 0 Å². The number of aromatic nitrogens is 2. The maximum atomic E-state index is 12.1. The third-order valence-electron chi connectivity index (χ3n) is 3.75. The molecule has 0 N–H and O–H groups in total. The summed E-state index contributed by atoms with van der Waals surface area (Å²) in [6, 6.07) is 17.7. The van der Waals surface area contributed by atoms with E-state index in [0.29, 0.717) is 6.42 Å². The number of aryl methyl sites for hydroxylation is 2. The van der Waals surface area contributed by atoms with Crippen LogP contribution in [0.25, 0.3) is 10.9 Å². The second kappa shape index (κ2) is 5.92. The van der Waals surface area contributed by atoms with Gasteiger partial charge in [0.15, 0.2) is 5.78 Å². The minimum absolute atomic E-state index is 0.204. The highest BCUT2D eigenvalue weighted by molar-refractivity contribution is 5.96. The van der Waals surface area contributed by atoms with Gasteiger partial charge in [0.05, 0.1) is 11.2 Å². The lowest BCUT2D eigenvalue weighted by Crippen LogP contribution is -2.00. The van der Waals surface area contributed by atoms with E-state index in [9.17, 15) is 4.79 Å². The third-order valence-corrected chi connectivity index (χ3v) is 3.75. The Bertz CT molecular complexity index is 759. The summed E-state index contributed by atoms with van der Waals surface area (Å²) in [5.41, 5.74) is 3.01. The largest absolute Gasteiger partial charge is 0.294 e. The molecule has 0 radical (unpaired) electrons. The van der Waals surface area contributed by atoms with Crippen LogP contribution in [0.15, 0.2) is 54.6 Å². The van der Waals surface area contributed by atoms with Gasteiger partial charge in [-0.05, 0) is 18.9 Å². The zero-order valence-corrected chi connectivity index (χ0v) is 12.1. The Morgan fingerprint density at radius 3 is 2.57 bits per heavy atom. The highest BCUT2D eigenvalue weighted by Crippen LogP contribution is 2.19. The molecule has 3 rings (SSSR count). The van der Waals surface area contributed by atoms with Crippen LogP contribution in [0.2, 0.25) is 0 Å². The molecular weight excluding hydrogens is 260 g/mol. The molecule has 0 saturated heterocycles. The first kappa shape index (κ1) is 13.6. The van der Waals surface area contributed by atoms with Crippen LogP contribution in [0.5, 0.6) is 0 Å². The van der Waals surface area contributed by atoms with Crippen molar-refractivity contribution in [2.45, 2.75) is 19.3 Å². The van der Waals surface area contributed by atoms with Gasteiger partial charge in [-0.1, -0.05) is 48.5 Å². The summed E-state index contributed by atoms with van der Waals surface area (Å²) in [6.07, 6.45) is 2.23. The van der Waals surface area contributed by atoms with Crippen molar-refractivity contribution in [3.05, 3.63) is 65.9 Å². The normalized spacial score (nSPS) is 10.9. The average Bonchev–Trinajstić information content (AvgIpc) is 2.85. The number of benzene rings is 2. The summed E-state index contributed by atoms with van der Waals surface area (Å²) < 4.78 is 1.91. The fourth-order valence-corrected chi connectivity index (χ4v) is 2.66. The predicted octanol–water partition coefficient (Wildman–Crippen LogP) is 3.78. The van der Waals surface area contributed by atoms with Crippen molar-refractivity contribution in [1.82, 2.24) is 9.78 Å². The first-order valence-corrected chi connectivity index (χ1v) is 7.24. The maximum absolute atomic E-state index is 12.1. The van der Waals surface area contributed by atoms with Gasteiger partial charge in [0.2, 0.25) is 0 Å². The van der Waals surface area contributed by atoms with Crippen LogP contribution in [0, 0.1) is 0 Å². The van der Waals surface area contributed by atoms with E-state index in [1.54, 1.807) is 0 Å². The summed E-state index contributed by atoms with van der Waals surface area (Å²) in [7, 11) is 1.96. The zero-order valence-electron chi connectivity index (χ0n) is 12.1. The van der Waals surface area contributed by atoms with Crippen LogP contribution in [0.4, 0.5) is 0 Å². The van der Waals surface area contributed by atoms with Crippen molar-refractivity contribution in [1.29, 1.82) is 0 Å². The lowest BCUT2D eigenvalue weighted by molar-refractivity contribution is 0.0980. The van der Waals surface area contributed by atoms with Crippen molar-refractivity contribution < 1.29 is 4.79 Å². The fourth-order valence-electron chi connectivity index (χ4n) is 2.66. The SMILES string of the molecule is Cn1nc(CCCC(=O)c2ccccc2)c2ccccc21. The summed E-state index contributed by atoms with van der Waals surface area (Å²) in [5.74, 6) is 0.204. The number of para-hydroxylation sites is 1. The first-order chi connectivity index (χ1) is 10.3. The number of hydrogen-bond donors (Lipinski definition) is 0. The van der Waals surface area contributed by atoms with E-state index in [1.807, 2.05) is 54.2 Å². The van der Waals surface area contributed by atoms with Crippen molar-refractivity contribution in [2.75, 3.05) is 0 Å². The molecule has 0 saturated carbocycles. The number of rotatable bonds is 5. The fraction of sp³-hybridized carbons (Fsp3) is 0.222. The number of hydrogen-bond acceptors (Lipinski definition) is 2. The number of carbonyl (C=O) groups is 1. The average molecular weight is 278 g/mol. The minimum atomic E-state index is 0.204. The van der Waals surface area contributed by atoms with Crippen LogP contribution in [-0.4, -0.2) is 15.6 Å². The Balaban J connectivity index is 1.66. The number of ketones is 1. The van der Waals surface area contributed by atoms with Crippen molar-refractivity contribution in [3.8, 4) is 0 Å². The van der Waals surface area contributed by atoms with Gasteiger partial charge in [0.25, 0.3) is 0 Å². The van der Waals surface area contributed by atoms with Crippen LogP contribution >= 0.6 is 0 Å². The van der Waals surface area contributed by atoms with Crippen molar-refractivity contribution >= 4 is 16.7 Å². The minimum Gasteiger partial charge on any atom is -0.294 e. The van der Waals surface area contributed by atoms with Gasteiger partial charge in [-0.15, -0.1) is 0 Å². The monoisotopic (exact) mass is 278 g/mol. The second-order valence-corrected chi connectivity index (χ2v) is 5.23. The highest BCUT2D eigenvalue weighted by Gasteiger charge is 2.09. The predicted molar refractivity (Wildman–Crippen MR) is 84.4 cm³/mol.